The third-order valence-electron chi connectivity index (χ3n) is 9.89. The van der Waals surface area contributed by atoms with E-state index in [2.05, 4.69) is 24.8 Å². The van der Waals surface area contributed by atoms with Gasteiger partial charge in [-0.25, -0.2) is 5.26 Å². The lowest BCUT2D eigenvalue weighted by Gasteiger charge is -2.57. The van der Waals surface area contributed by atoms with E-state index < -0.39 is 17.8 Å². The van der Waals surface area contributed by atoms with Crippen molar-refractivity contribution in [2.75, 3.05) is 6.61 Å². The minimum Gasteiger partial charge on any atom is -0.458 e. The molecule has 1 heterocycles. The highest BCUT2D eigenvalue weighted by Crippen LogP contribution is 2.69. The highest BCUT2D eigenvalue weighted by Gasteiger charge is 2.67. The molecule has 3 fully saturated rings. The van der Waals surface area contributed by atoms with E-state index in [9.17, 15) is 19.6 Å². The lowest BCUT2D eigenvalue weighted by molar-refractivity contribution is -0.333. The van der Waals surface area contributed by atoms with E-state index >= 15 is 0 Å². The summed E-state index contributed by atoms with van der Waals surface area (Å²) in [6.07, 6.45) is 8.74. The molecule has 1 spiro atoms. The average Bonchev–Trinajstić information content (AvgIpc) is 3.34. The molecule has 0 aromatic heterocycles. The zero-order valence-corrected chi connectivity index (χ0v) is 20.4. The minimum absolute atomic E-state index is 0.0665. The van der Waals surface area contributed by atoms with E-state index in [4.69, 9.17) is 9.47 Å². The van der Waals surface area contributed by atoms with Crippen LogP contribution in [0.2, 0.25) is 0 Å². The summed E-state index contributed by atoms with van der Waals surface area (Å²) in [5.41, 5.74) is 1.24. The highest BCUT2D eigenvalue weighted by atomic mass is 17.1. The van der Waals surface area contributed by atoms with E-state index in [0.717, 1.165) is 37.7 Å². The maximum atomic E-state index is 13.8. The number of esters is 1. The van der Waals surface area contributed by atoms with Crippen LogP contribution in [-0.2, 0) is 28.7 Å². The zero-order valence-electron chi connectivity index (χ0n) is 20.4. The predicted molar refractivity (Wildman–Crippen MR) is 122 cm³/mol. The third-order valence-corrected chi connectivity index (χ3v) is 9.89. The van der Waals surface area contributed by atoms with Gasteiger partial charge in [-0.3, -0.25) is 14.4 Å². The second-order valence-electron chi connectivity index (χ2n) is 11.4. The number of hydrogen-bond donors (Lipinski definition) is 1. The fraction of sp³-hybridized carbons (Fsp3) is 0.741. The number of ketones is 2. The van der Waals surface area contributed by atoms with Crippen LogP contribution in [0.25, 0.3) is 0 Å². The van der Waals surface area contributed by atoms with Crippen molar-refractivity contribution in [3.8, 4) is 0 Å². The first-order valence-electron chi connectivity index (χ1n) is 12.8. The van der Waals surface area contributed by atoms with Gasteiger partial charge in [-0.15, -0.1) is 0 Å². The molecule has 7 atom stereocenters. The van der Waals surface area contributed by atoms with Crippen LogP contribution in [0.4, 0.5) is 0 Å². The van der Waals surface area contributed by atoms with Gasteiger partial charge in [0.1, 0.15) is 5.60 Å². The van der Waals surface area contributed by atoms with Gasteiger partial charge in [-0.2, -0.15) is 4.89 Å². The van der Waals surface area contributed by atoms with Crippen molar-refractivity contribution in [3.63, 3.8) is 0 Å². The normalized spacial score (nSPS) is 41.8. The van der Waals surface area contributed by atoms with Gasteiger partial charge in [-0.1, -0.05) is 38.0 Å². The Balaban J connectivity index is 1.59. The smallest absolute Gasteiger partial charge is 0.306 e. The molecule has 7 nitrogen and oxygen atoms in total. The third kappa shape index (κ3) is 3.30. The van der Waals surface area contributed by atoms with Crippen LogP contribution in [-0.4, -0.2) is 41.3 Å². The molecule has 4 aliphatic carbocycles. The molecule has 2 saturated carbocycles. The Bertz CT molecular complexity index is 966. The largest absolute Gasteiger partial charge is 0.458 e. The summed E-state index contributed by atoms with van der Waals surface area (Å²) in [7, 11) is 0. The number of hydrogen-bond acceptors (Lipinski definition) is 7. The second-order valence-corrected chi connectivity index (χ2v) is 11.4. The molecule has 5 rings (SSSR count). The van der Waals surface area contributed by atoms with E-state index in [1.54, 1.807) is 6.08 Å². The summed E-state index contributed by atoms with van der Waals surface area (Å²) in [6.45, 7) is 6.67. The Morgan fingerprint density at radius 1 is 1.24 bits per heavy atom. The van der Waals surface area contributed by atoms with Gasteiger partial charge in [0.15, 0.2) is 11.6 Å². The summed E-state index contributed by atoms with van der Waals surface area (Å²) >= 11 is 0. The molecule has 0 bridgehead atoms. The van der Waals surface area contributed by atoms with Crippen LogP contribution < -0.4 is 0 Å². The van der Waals surface area contributed by atoms with Crippen LogP contribution in [0.3, 0.4) is 0 Å². The van der Waals surface area contributed by atoms with E-state index in [1.165, 1.54) is 5.57 Å². The van der Waals surface area contributed by atoms with Crippen molar-refractivity contribution >= 4 is 17.5 Å². The molecule has 1 unspecified atom stereocenters. The fourth-order valence-corrected chi connectivity index (χ4v) is 7.99. The van der Waals surface area contributed by atoms with Crippen molar-refractivity contribution in [2.45, 2.75) is 90.4 Å². The lowest BCUT2D eigenvalue weighted by Crippen LogP contribution is -2.54. The Morgan fingerprint density at radius 3 is 2.71 bits per heavy atom. The van der Waals surface area contributed by atoms with Crippen molar-refractivity contribution in [2.24, 2.45) is 28.6 Å². The van der Waals surface area contributed by atoms with Crippen LogP contribution in [0, 0.1) is 28.6 Å². The summed E-state index contributed by atoms with van der Waals surface area (Å²) in [5, 5.41) is 9.52. The first-order chi connectivity index (χ1) is 16.2. The molecule has 0 aromatic rings. The number of Topliss-reactive ketones (excluding diaryl/α,β-unsaturated/α-hetero) is 1. The van der Waals surface area contributed by atoms with Gasteiger partial charge in [0.25, 0.3) is 6.29 Å². The molecule has 0 radical (unpaired) electrons. The van der Waals surface area contributed by atoms with Gasteiger partial charge in [0.2, 0.25) is 0 Å². The van der Waals surface area contributed by atoms with Crippen molar-refractivity contribution in [3.05, 3.63) is 23.3 Å². The first kappa shape index (κ1) is 23.9. The molecule has 1 saturated heterocycles. The molecule has 0 amide bonds. The number of allylic oxidation sites excluding steroid dienone is 4. The van der Waals surface area contributed by atoms with Gasteiger partial charge >= 0.3 is 5.97 Å². The Hall–Kier alpha value is -1.83. The number of fused-ring (bicyclic) bond motifs is 6. The SMILES string of the molecule is CCCOC(OO)C(=O)[C@@H]1CC2=CC(=O)CC[C@]2(C)C2=CC[C@@]3(C)[C@@H](CC[C@@]34CCC(=O)O4)[C@@H]21. The van der Waals surface area contributed by atoms with Crippen LogP contribution in [0.1, 0.15) is 78.6 Å². The quantitative estimate of drug-likeness (QED) is 0.199. The molecule has 5 aliphatic rings. The molecule has 1 aliphatic heterocycles. The fourth-order valence-electron chi connectivity index (χ4n) is 7.99. The van der Waals surface area contributed by atoms with Gasteiger partial charge < -0.3 is 9.47 Å². The molecule has 1 N–H and O–H groups in total. The Morgan fingerprint density at radius 2 is 2.03 bits per heavy atom. The van der Waals surface area contributed by atoms with E-state index in [0.29, 0.717) is 32.3 Å². The lowest BCUT2D eigenvalue weighted by atomic mass is 9.47. The standard InChI is InChI=1S/C27H36O7/c1-4-13-32-24(34-31)23(30)18-15-16-14-17(28)5-9-25(16,2)19-6-10-26(3)20(22(18)19)7-11-27(26)12-8-21(29)33-27/h6,14,18,20,22,24,31H,4-5,7-13,15H2,1-3H3/t18-,20+,22-,24?,25+,26+,27-/m1/s1. The molecule has 186 valence electrons. The van der Waals surface area contributed by atoms with E-state index in [1.807, 2.05) is 6.92 Å². The van der Waals surface area contributed by atoms with Crippen molar-refractivity contribution < 1.29 is 34.0 Å². The summed E-state index contributed by atoms with van der Waals surface area (Å²) in [6, 6.07) is 0. The number of rotatable bonds is 6. The maximum Gasteiger partial charge on any atom is 0.306 e. The van der Waals surface area contributed by atoms with E-state index in [-0.39, 0.29) is 40.2 Å². The first-order valence-corrected chi connectivity index (χ1v) is 12.8. The zero-order chi connectivity index (χ0) is 24.3. The molecule has 7 heteroatoms. The average molecular weight is 473 g/mol. The molecular weight excluding hydrogens is 436 g/mol. The molecule has 34 heavy (non-hydrogen) atoms. The van der Waals surface area contributed by atoms with Crippen LogP contribution >= 0.6 is 0 Å². The van der Waals surface area contributed by atoms with Gasteiger partial charge in [0.05, 0.1) is 6.61 Å². The second kappa shape index (κ2) is 8.38. The highest BCUT2D eigenvalue weighted by molar-refractivity contribution is 5.93. The predicted octanol–water partition coefficient (Wildman–Crippen LogP) is 4.55. The summed E-state index contributed by atoms with van der Waals surface area (Å²) in [5.74, 6) is -0.674. The monoisotopic (exact) mass is 472 g/mol. The molecular formula is C27H36O7. The maximum absolute atomic E-state index is 13.8. The summed E-state index contributed by atoms with van der Waals surface area (Å²) < 4.78 is 11.6. The molecule has 0 aromatic carbocycles. The van der Waals surface area contributed by atoms with Crippen LogP contribution in [0.5, 0.6) is 0 Å². The Kier molecular flexibility index (Phi) is 5.89. The minimum atomic E-state index is -1.34. The van der Waals surface area contributed by atoms with Crippen LogP contribution in [0.15, 0.2) is 23.3 Å². The number of carbonyl (C=O) groups excluding carboxylic acids is 3. The number of ether oxygens (including phenoxy) is 2. The van der Waals surface area contributed by atoms with Gasteiger partial charge in [-0.05, 0) is 62.9 Å². The topological polar surface area (TPSA) is 99.1 Å². The number of carbonyl (C=O) groups is 3. The van der Waals surface area contributed by atoms with Crippen molar-refractivity contribution in [1.29, 1.82) is 0 Å². The summed E-state index contributed by atoms with van der Waals surface area (Å²) in [4.78, 5) is 42.8. The Labute approximate surface area is 200 Å². The van der Waals surface area contributed by atoms with Gasteiger partial charge in [0, 0.05) is 29.6 Å². The van der Waals surface area contributed by atoms with Crippen molar-refractivity contribution in [1.82, 2.24) is 0 Å².